The van der Waals surface area contributed by atoms with Crippen LogP contribution in [-0.4, -0.2) is 18.5 Å². The van der Waals surface area contributed by atoms with Crippen LogP contribution in [0.5, 0.6) is 5.75 Å². The normalized spacial score (nSPS) is 11.8. The van der Waals surface area contributed by atoms with E-state index in [-0.39, 0.29) is 11.9 Å². The monoisotopic (exact) mass is 508 g/mol. The molecule has 0 aliphatic rings. The first-order chi connectivity index (χ1) is 18.0. The van der Waals surface area contributed by atoms with Crippen molar-refractivity contribution in [3.05, 3.63) is 54.1 Å². The summed E-state index contributed by atoms with van der Waals surface area (Å²) in [5, 5.41) is 0. The van der Waals surface area contributed by atoms with E-state index in [0.717, 1.165) is 36.8 Å². The molecule has 0 bridgehead atoms. The summed E-state index contributed by atoms with van der Waals surface area (Å²) in [6.45, 7) is 7.01. The van der Waals surface area contributed by atoms with Gasteiger partial charge in [-0.1, -0.05) is 116 Å². The number of ether oxygens (including phenoxy) is 2. The van der Waals surface area contributed by atoms with Crippen LogP contribution in [0, 0.1) is 5.92 Å². The molecule has 0 N–H and O–H groups in total. The van der Waals surface area contributed by atoms with Gasteiger partial charge in [-0.05, 0) is 54.2 Å². The van der Waals surface area contributed by atoms with Gasteiger partial charge >= 0.3 is 11.9 Å². The molecule has 4 heteroatoms. The minimum Gasteiger partial charge on any atom is -0.462 e. The van der Waals surface area contributed by atoms with Gasteiger partial charge in [-0.15, -0.1) is 0 Å². The van der Waals surface area contributed by atoms with Gasteiger partial charge < -0.3 is 9.47 Å². The average Bonchev–Trinajstić information content (AvgIpc) is 2.92. The molecule has 0 amide bonds. The van der Waals surface area contributed by atoms with Crippen molar-refractivity contribution in [2.24, 2.45) is 5.92 Å². The lowest BCUT2D eigenvalue weighted by Crippen LogP contribution is -2.08. The minimum absolute atomic E-state index is 0.167. The molecule has 0 fully saturated rings. The summed E-state index contributed by atoms with van der Waals surface area (Å²) in [5.41, 5.74) is 2.55. The van der Waals surface area contributed by atoms with Crippen molar-refractivity contribution >= 4 is 11.9 Å². The molecular formula is C33H48O4. The van der Waals surface area contributed by atoms with E-state index in [1.165, 1.54) is 57.8 Å². The van der Waals surface area contributed by atoms with E-state index in [1.807, 2.05) is 36.4 Å². The summed E-state index contributed by atoms with van der Waals surface area (Å²) in [4.78, 5) is 24.4. The molecule has 0 saturated heterocycles. The van der Waals surface area contributed by atoms with Crippen LogP contribution in [0.15, 0.2) is 48.5 Å². The second-order valence-corrected chi connectivity index (χ2v) is 10.3. The number of rotatable bonds is 19. The number of carbonyl (C=O) groups excluding carboxylic acids is 2. The van der Waals surface area contributed by atoms with Gasteiger partial charge in [0.25, 0.3) is 0 Å². The van der Waals surface area contributed by atoms with Gasteiger partial charge in [-0.25, -0.2) is 4.79 Å². The quantitative estimate of drug-likeness (QED) is 0.108. The van der Waals surface area contributed by atoms with Gasteiger partial charge in [0, 0.05) is 6.42 Å². The highest BCUT2D eigenvalue weighted by Gasteiger charge is 2.09. The summed E-state index contributed by atoms with van der Waals surface area (Å²) in [5.74, 6) is 0.676. The van der Waals surface area contributed by atoms with Crippen molar-refractivity contribution in [2.45, 2.75) is 111 Å². The van der Waals surface area contributed by atoms with E-state index < -0.39 is 0 Å². The van der Waals surface area contributed by atoms with Crippen LogP contribution in [-0.2, 0) is 9.53 Å². The fourth-order valence-electron chi connectivity index (χ4n) is 4.27. The van der Waals surface area contributed by atoms with Crippen molar-refractivity contribution in [3.8, 4) is 16.9 Å². The van der Waals surface area contributed by atoms with Crippen LogP contribution >= 0.6 is 0 Å². The van der Waals surface area contributed by atoms with Gasteiger partial charge in [0.2, 0.25) is 0 Å². The van der Waals surface area contributed by atoms with E-state index in [1.54, 1.807) is 12.1 Å². The Morgan fingerprint density at radius 3 is 1.76 bits per heavy atom. The molecule has 2 aromatic carbocycles. The van der Waals surface area contributed by atoms with E-state index >= 15 is 0 Å². The van der Waals surface area contributed by atoms with Crippen LogP contribution in [0.2, 0.25) is 0 Å². The number of hydrogen-bond donors (Lipinski definition) is 0. The second-order valence-electron chi connectivity index (χ2n) is 10.3. The summed E-state index contributed by atoms with van der Waals surface area (Å²) in [6.07, 6.45) is 16.3. The molecule has 204 valence electrons. The third-order valence-electron chi connectivity index (χ3n) is 7.07. The average molecular weight is 509 g/mol. The zero-order chi connectivity index (χ0) is 26.7. The molecule has 0 aliphatic heterocycles. The smallest absolute Gasteiger partial charge is 0.338 e. The Labute approximate surface area is 225 Å². The third-order valence-corrected chi connectivity index (χ3v) is 7.07. The Hall–Kier alpha value is -2.62. The third kappa shape index (κ3) is 13.0. The van der Waals surface area contributed by atoms with E-state index in [4.69, 9.17) is 9.47 Å². The lowest BCUT2D eigenvalue weighted by molar-refractivity contribution is -0.134. The highest BCUT2D eigenvalue weighted by atomic mass is 16.5. The van der Waals surface area contributed by atoms with Crippen molar-refractivity contribution in [1.29, 1.82) is 0 Å². The molecule has 0 spiro atoms. The highest BCUT2D eigenvalue weighted by Crippen LogP contribution is 2.24. The summed E-state index contributed by atoms with van der Waals surface area (Å²) in [6, 6.07) is 14.9. The van der Waals surface area contributed by atoms with E-state index in [9.17, 15) is 9.59 Å². The Morgan fingerprint density at radius 1 is 0.703 bits per heavy atom. The van der Waals surface area contributed by atoms with E-state index in [0.29, 0.717) is 30.3 Å². The molecule has 0 heterocycles. The number of benzene rings is 2. The minimum atomic E-state index is -0.282. The molecule has 0 radical (unpaired) electrons. The van der Waals surface area contributed by atoms with Crippen molar-refractivity contribution in [1.82, 2.24) is 0 Å². The Bertz CT molecular complexity index is 886. The first-order valence-electron chi connectivity index (χ1n) is 14.6. The van der Waals surface area contributed by atoms with Gasteiger partial charge in [0.15, 0.2) is 0 Å². The molecule has 1 atom stereocenters. The Kier molecular flexibility index (Phi) is 15.4. The maximum absolute atomic E-state index is 12.2. The number of hydrogen-bond acceptors (Lipinski definition) is 4. The Balaban J connectivity index is 1.64. The summed E-state index contributed by atoms with van der Waals surface area (Å²) in [7, 11) is 0. The van der Waals surface area contributed by atoms with Crippen LogP contribution in [0.25, 0.3) is 11.1 Å². The lowest BCUT2D eigenvalue weighted by atomic mass is 10.0. The van der Waals surface area contributed by atoms with Crippen LogP contribution < -0.4 is 4.74 Å². The number of esters is 2. The molecule has 0 saturated carbocycles. The first kappa shape index (κ1) is 30.6. The molecule has 37 heavy (non-hydrogen) atoms. The topological polar surface area (TPSA) is 52.6 Å². The molecular weight excluding hydrogens is 460 g/mol. The van der Waals surface area contributed by atoms with Gasteiger partial charge in [-0.2, -0.15) is 0 Å². The van der Waals surface area contributed by atoms with Crippen LogP contribution in [0.4, 0.5) is 0 Å². The van der Waals surface area contributed by atoms with E-state index in [2.05, 4.69) is 20.8 Å². The number of carbonyl (C=O) groups is 2. The highest BCUT2D eigenvalue weighted by molar-refractivity contribution is 5.90. The van der Waals surface area contributed by atoms with Gasteiger partial charge in [-0.3, -0.25) is 4.79 Å². The number of unbranched alkanes of at least 4 members (excludes halogenated alkanes) is 10. The molecule has 2 rings (SSSR count). The molecule has 4 nitrogen and oxygen atoms in total. The maximum atomic E-state index is 12.2. The fraction of sp³-hybridized carbons (Fsp3) is 0.576. The lowest BCUT2D eigenvalue weighted by Gasteiger charge is -2.09. The van der Waals surface area contributed by atoms with Gasteiger partial charge in [0.1, 0.15) is 5.75 Å². The van der Waals surface area contributed by atoms with Crippen molar-refractivity contribution in [3.63, 3.8) is 0 Å². The fourth-order valence-corrected chi connectivity index (χ4v) is 4.27. The zero-order valence-corrected chi connectivity index (χ0v) is 23.4. The first-order valence-corrected chi connectivity index (χ1v) is 14.6. The van der Waals surface area contributed by atoms with Crippen LogP contribution in [0.3, 0.4) is 0 Å². The predicted molar refractivity (Wildman–Crippen MR) is 153 cm³/mol. The molecule has 2 aromatic rings. The maximum Gasteiger partial charge on any atom is 0.338 e. The second kappa shape index (κ2) is 18.6. The zero-order valence-electron chi connectivity index (χ0n) is 23.4. The van der Waals surface area contributed by atoms with Crippen molar-refractivity contribution < 1.29 is 19.1 Å². The van der Waals surface area contributed by atoms with Gasteiger partial charge in [0.05, 0.1) is 12.2 Å². The predicted octanol–water partition coefficient (Wildman–Crippen LogP) is 9.55. The SMILES string of the molecule is CCCCCCCCCCCCCC(=O)Oc1ccc(-c2ccc(C(=O)OCCC(C)CC)cc2)cc1. The summed E-state index contributed by atoms with van der Waals surface area (Å²) >= 11 is 0. The molecule has 0 aliphatic carbocycles. The molecule has 1 unspecified atom stereocenters. The summed E-state index contributed by atoms with van der Waals surface area (Å²) < 4.78 is 10.9. The largest absolute Gasteiger partial charge is 0.462 e. The standard InChI is InChI=1S/C33H48O4/c1-4-6-7-8-9-10-11-12-13-14-15-16-32(34)37-31-23-21-29(22-24-31)28-17-19-30(20-18-28)33(35)36-26-25-27(3)5-2/h17-24,27H,4-16,25-26H2,1-3H3. The van der Waals surface area contributed by atoms with Crippen LogP contribution in [0.1, 0.15) is 121 Å². The van der Waals surface area contributed by atoms with Crippen molar-refractivity contribution in [2.75, 3.05) is 6.61 Å². The molecule has 0 aromatic heterocycles. The Morgan fingerprint density at radius 2 is 1.22 bits per heavy atom.